The fourth-order valence-corrected chi connectivity index (χ4v) is 4.24. The number of ether oxygens (including phenoxy) is 1. The smallest absolute Gasteiger partial charge is 0.245 e. The van der Waals surface area contributed by atoms with Gasteiger partial charge in [-0.2, -0.15) is 5.10 Å². The van der Waals surface area contributed by atoms with Gasteiger partial charge < -0.3 is 15.0 Å². The molecule has 7 heteroatoms. The van der Waals surface area contributed by atoms with E-state index >= 15 is 0 Å². The third kappa shape index (κ3) is 7.21. The highest BCUT2D eigenvalue weighted by Gasteiger charge is 2.27. The summed E-state index contributed by atoms with van der Waals surface area (Å²) in [6, 6.07) is 19.2. The van der Waals surface area contributed by atoms with E-state index < -0.39 is 0 Å². The first-order valence-electron chi connectivity index (χ1n) is 12.9. The van der Waals surface area contributed by atoms with Gasteiger partial charge in [0.2, 0.25) is 11.8 Å². The van der Waals surface area contributed by atoms with Crippen LogP contribution in [0.2, 0.25) is 0 Å². The fourth-order valence-electron chi connectivity index (χ4n) is 4.24. The van der Waals surface area contributed by atoms with Crippen molar-refractivity contribution in [3.63, 3.8) is 0 Å². The highest BCUT2D eigenvalue weighted by atomic mass is 16.5. The van der Waals surface area contributed by atoms with Crippen LogP contribution in [-0.4, -0.2) is 46.7 Å². The Morgan fingerprint density at radius 1 is 1.05 bits per heavy atom. The number of aromatic nitrogens is 2. The van der Waals surface area contributed by atoms with E-state index in [2.05, 4.69) is 39.9 Å². The van der Waals surface area contributed by atoms with Crippen molar-refractivity contribution in [1.82, 2.24) is 14.7 Å². The first-order valence-corrected chi connectivity index (χ1v) is 12.9. The molecule has 1 unspecified atom stereocenters. The average molecular weight is 505 g/mol. The van der Waals surface area contributed by atoms with E-state index in [9.17, 15) is 9.59 Å². The predicted molar refractivity (Wildman–Crippen MR) is 148 cm³/mol. The highest BCUT2D eigenvalue weighted by Crippen LogP contribution is 2.27. The van der Waals surface area contributed by atoms with E-state index in [1.54, 1.807) is 16.7 Å². The van der Waals surface area contributed by atoms with Gasteiger partial charge in [-0.05, 0) is 42.2 Å². The number of nitrogens with zero attached hydrogens (tertiary/aromatic N) is 3. The molecule has 198 valence electrons. The number of hydrogen-bond donors (Lipinski definition) is 1. The Hall–Kier alpha value is -3.61. The van der Waals surface area contributed by atoms with Crippen LogP contribution in [0.5, 0.6) is 5.75 Å². The van der Waals surface area contributed by atoms with Gasteiger partial charge in [-0.1, -0.05) is 71.9 Å². The third-order valence-electron chi connectivity index (χ3n) is 6.20. The molecule has 1 aromatic heterocycles. The van der Waals surface area contributed by atoms with Gasteiger partial charge in [0.25, 0.3) is 0 Å². The average Bonchev–Trinajstić information content (AvgIpc) is 3.28. The zero-order valence-corrected chi connectivity index (χ0v) is 23.1. The molecule has 2 amide bonds. The molecule has 1 atom stereocenters. The molecule has 0 radical (unpaired) electrons. The van der Waals surface area contributed by atoms with Gasteiger partial charge in [0.15, 0.2) is 0 Å². The second-order valence-corrected chi connectivity index (χ2v) is 10.8. The van der Waals surface area contributed by atoms with Crippen LogP contribution < -0.4 is 10.1 Å². The fraction of sp³-hybridized carbons (Fsp3) is 0.433. The van der Waals surface area contributed by atoms with Crippen molar-refractivity contribution in [2.75, 3.05) is 25.5 Å². The van der Waals surface area contributed by atoms with Gasteiger partial charge in [0, 0.05) is 18.0 Å². The summed E-state index contributed by atoms with van der Waals surface area (Å²) in [5, 5.41) is 7.81. The number of amides is 2. The lowest BCUT2D eigenvalue weighted by atomic mass is 9.92. The number of benzene rings is 2. The van der Waals surface area contributed by atoms with Gasteiger partial charge in [-0.15, -0.1) is 0 Å². The van der Waals surface area contributed by atoms with Gasteiger partial charge in [0.1, 0.15) is 11.6 Å². The molecule has 2 aromatic carbocycles. The van der Waals surface area contributed by atoms with Crippen molar-refractivity contribution in [1.29, 1.82) is 0 Å². The van der Waals surface area contributed by atoms with Gasteiger partial charge in [-0.25, -0.2) is 4.68 Å². The van der Waals surface area contributed by atoms with Crippen molar-refractivity contribution >= 4 is 17.6 Å². The Bertz CT molecular complexity index is 1180. The van der Waals surface area contributed by atoms with Crippen molar-refractivity contribution in [2.24, 2.45) is 5.92 Å². The number of carbonyl (C=O) groups excluding carboxylic acids is 2. The minimum Gasteiger partial charge on any atom is -0.497 e. The zero-order chi connectivity index (χ0) is 27.2. The van der Waals surface area contributed by atoms with Gasteiger partial charge in [-0.3, -0.25) is 9.59 Å². The Morgan fingerprint density at radius 3 is 2.24 bits per heavy atom. The summed E-state index contributed by atoms with van der Waals surface area (Å²) < 4.78 is 7.01. The summed E-state index contributed by atoms with van der Waals surface area (Å²) in [5.41, 5.74) is 2.41. The molecule has 0 aliphatic carbocycles. The second kappa shape index (κ2) is 12.1. The van der Waals surface area contributed by atoms with Crippen LogP contribution in [0.4, 0.5) is 5.82 Å². The number of anilines is 1. The number of nitrogens with one attached hydrogen (secondary N) is 1. The summed E-state index contributed by atoms with van der Waals surface area (Å²) in [6.45, 7) is 12.8. The second-order valence-electron chi connectivity index (χ2n) is 10.8. The topological polar surface area (TPSA) is 76.5 Å². The number of rotatable bonds is 10. The van der Waals surface area contributed by atoms with Crippen LogP contribution in [0.15, 0.2) is 60.7 Å². The monoisotopic (exact) mass is 504 g/mol. The molecular formula is C30H40N4O3. The van der Waals surface area contributed by atoms with E-state index in [0.717, 1.165) is 22.7 Å². The number of carbonyl (C=O) groups is 2. The van der Waals surface area contributed by atoms with Crippen LogP contribution in [-0.2, 0) is 15.0 Å². The predicted octanol–water partition coefficient (Wildman–Crippen LogP) is 5.80. The van der Waals surface area contributed by atoms with E-state index in [4.69, 9.17) is 9.84 Å². The molecular weight excluding hydrogens is 464 g/mol. The van der Waals surface area contributed by atoms with E-state index in [1.165, 1.54) is 0 Å². The Balaban J connectivity index is 1.87. The number of hydrogen-bond acceptors (Lipinski definition) is 4. The Labute approximate surface area is 220 Å². The van der Waals surface area contributed by atoms with E-state index in [0.29, 0.717) is 18.8 Å². The maximum Gasteiger partial charge on any atom is 0.245 e. The third-order valence-corrected chi connectivity index (χ3v) is 6.20. The highest BCUT2D eigenvalue weighted by molar-refractivity contribution is 5.95. The van der Waals surface area contributed by atoms with Crippen LogP contribution in [0.1, 0.15) is 65.1 Å². The molecule has 0 saturated carbocycles. The summed E-state index contributed by atoms with van der Waals surface area (Å²) in [4.78, 5) is 28.6. The summed E-state index contributed by atoms with van der Waals surface area (Å²) >= 11 is 0. The molecule has 0 spiro atoms. The molecule has 0 fully saturated rings. The van der Waals surface area contributed by atoms with E-state index in [-0.39, 0.29) is 35.6 Å². The zero-order valence-electron chi connectivity index (χ0n) is 23.1. The van der Waals surface area contributed by atoms with Crippen LogP contribution in [0, 0.1) is 5.92 Å². The standard InChI is InChI=1S/C30H40N4O3/c1-8-25(22-12-10-9-11-13-22)29(36)33(19-21(2)3)20-28(35)31-27-18-26(30(4,5)6)32-34(27)23-14-16-24(37-7)17-15-23/h9-18,21,25H,8,19-20H2,1-7H3,(H,31,35). The van der Waals surface area contributed by atoms with Crippen molar-refractivity contribution < 1.29 is 14.3 Å². The lowest BCUT2D eigenvalue weighted by molar-refractivity contribution is -0.136. The molecule has 0 aliphatic rings. The Kier molecular flexibility index (Phi) is 9.14. The molecule has 3 rings (SSSR count). The molecule has 0 aliphatic heterocycles. The first kappa shape index (κ1) is 28.0. The largest absolute Gasteiger partial charge is 0.497 e. The SMILES string of the molecule is CCC(C(=O)N(CC(=O)Nc1cc(C(C)(C)C)nn1-c1ccc(OC)cc1)CC(C)C)c1ccccc1. The Morgan fingerprint density at radius 2 is 1.70 bits per heavy atom. The van der Waals surface area contributed by atoms with Crippen LogP contribution >= 0.6 is 0 Å². The molecule has 1 N–H and O–H groups in total. The quantitative estimate of drug-likeness (QED) is 0.379. The first-order chi connectivity index (χ1) is 17.5. The molecule has 0 saturated heterocycles. The van der Waals surface area contributed by atoms with Crippen LogP contribution in [0.25, 0.3) is 5.69 Å². The molecule has 7 nitrogen and oxygen atoms in total. The van der Waals surface area contributed by atoms with Crippen molar-refractivity contribution in [2.45, 2.75) is 59.3 Å². The molecule has 3 aromatic rings. The maximum atomic E-state index is 13.6. The molecule has 1 heterocycles. The minimum absolute atomic E-state index is 0.0288. The van der Waals surface area contributed by atoms with Crippen molar-refractivity contribution in [3.05, 3.63) is 71.9 Å². The van der Waals surface area contributed by atoms with Crippen molar-refractivity contribution in [3.8, 4) is 11.4 Å². The van der Waals surface area contributed by atoms with Gasteiger partial charge in [0.05, 0.1) is 31.0 Å². The lowest BCUT2D eigenvalue weighted by Crippen LogP contribution is -2.42. The molecule has 0 bridgehead atoms. The van der Waals surface area contributed by atoms with Gasteiger partial charge >= 0.3 is 0 Å². The summed E-state index contributed by atoms with van der Waals surface area (Å²) in [5.74, 6) is 0.951. The van der Waals surface area contributed by atoms with E-state index in [1.807, 2.05) is 67.6 Å². The minimum atomic E-state index is -0.287. The lowest BCUT2D eigenvalue weighted by Gasteiger charge is -2.28. The molecule has 37 heavy (non-hydrogen) atoms. The number of methoxy groups -OCH3 is 1. The normalized spacial score (nSPS) is 12.3. The maximum absolute atomic E-state index is 13.6. The summed E-state index contributed by atoms with van der Waals surface area (Å²) in [6.07, 6.45) is 0.665. The van der Waals surface area contributed by atoms with Crippen LogP contribution in [0.3, 0.4) is 0 Å². The summed E-state index contributed by atoms with van der Waals surface area (Å²) in [7, 11) is 1.62.